The molecule has 10 heteroatoms. The van der Waals surface area contributed by atoms with Crippen LogP contribution in [0.15, 0.2) is 36.5 Å². The number of hydrogen-bond donors (Lipinski definition) is 2. The van der Waals surface area contributed by atoms with Crippen molar-refractivity contribution in [2.75, 3.05) is 20.3 Å². The lowest BCUT2D eigenvalue weighted by Gasteiger charge is -2.31. The first-order valence-electron chi connectivity index (χ1n) is 10.0. The van der Waals surface area contributed by atoms with Gasteiger partial charge in [-0.3, -0.25) is 4.98 Å². The van der Waals surface area contributed by atoms with Gasteiger partial charge in [0.05, 0.1) is 54.2 Å². The molecule has 4 rings (SSSR count). The van der Waals surface area contributed by atoms with E-state index in [1.807, 2.05) is 6.07 Å². The van der Waals surface area contributed by atoms with Crippen molar-refractivity contribution in [1.82, 2.24) is 15.3 Å². The molecule has 2 N–H and O–H groups in total. The fourth-order valence-electron chi connectivity index (χ4n) is 3.48. The van der Waals surface area contributed by atoms with E-state index in [1.54, 1.807) is 24.3 Å². The zero-order chi connectivity index (χ0) is 22.7. The molecule has 1 aliphatic rings. The quantitative estimate of drug-likeness (QED) is 0.526. The Bertz CT molecular complexity index is 1100. The maximum atomic E-state index is 14.5. The Kier molecular flexibility index (Phi) is 7.40. The van der Waals surface area contributed by atoms with E-state index in [4.69, 9.17) is 37.4 Å². The fourth-order valence-corrected chi connectivity index (χ4v) is 3.81. The smallest absolute Gasteiger partial charge is 0.213 e. The van der Waals surface area contributed by atoms with Crippen LogP contribution in [0.1, 0.15) is 23.7 Å². The highest BCUT2D eigenvalue weighted by atomic mass is 35.5. The second kappa shape index (κ2) is 10.2. The molecule has 3 aromatic rings. The summed E-state index contributed by atoms with van der Waals surface area (Å²) in [5, 5.41) is 15.1. The molecule has 0 spiro atoms. The van der Waals surface area contributed by atoms with Gasteiger partial charge in [-0.15, -0.1) is 0 Å². The highest BCUT2D eigenvalue weighted by Crippen LogP contribution is 2.30. The van der Waals surface area contributed by atoms with Gasteiger partial charge in [0.25, 0.3) is 0 Å². The van der Waals surface area contributed by atoms with Gasteiger partial charge in [-0.2, -0.15) is 0 Å². The standard InChI is InChI=1S/C22H22Cl2FN3O4/c1-30-19-5-4-17-22(28-19)21(16(25)9-27-17)18(29)7-20-31-10-13(11-32-20)26-8-12-2-3-14(23)15(24)6-12/h2-6,9,13,18,20,26,29H,7-8,10-11H2,1H3. The molecule has 7 nitrogen and oxygen atoms in total. The minimum atomic E-state index is -1.19. The number of benzene rings is 1. The molecule has 170 valence electrons. The molecular weight excluding hydrogens is 460 g/mol. The van der Waals surface area contributed by atoms with Gasteiger partial charge in [-0.05, 0) is 23.8 Å². The Morgan fingerprint density at radius 1 is 1.22 bits per heavy atom. The van der Waals surface area contributed by atoms with Crippen molar-refractivity contribution >= 4 is 34.2 Å². The highest BCUT2D eigenvalue weighted by molar-refractivity contribution is 6.42. The van der Waals surface area contributed by atoms with Crippen LogP contribution in [-0.2, 0) is 16.0 Å². The number of ether oxygens (including phenoxy) is 3. The molecule has 1 aliphatic heterocycles. The van der Waals surface area contributed by atoms with E-state index >= 15 is 0 Å². The molecule has 32 heavy (non-hydrogen) atoms. The predicted octanol–water partition coefficient (Wildman–Crippen LogP) is 4.04. The van der Waals surface area contributed by atoms with Crippen molar-refractivity contribution in [3.63, 3.8) is 0 Å². The average Bonchev–Trinajstić information content (AvgIpc) is 2.80. The summed E-state index contributed by atoms with van der Waals surface area (Å²) < 4.78 is 31.1. The first kappa shape index (κ1) is 23.1. The number of nitrogens with one attached hydrogen (secondary N) is 1. The van der Waals surface area contributed by atoms with Gasteiger partial charge in [0.1, 0.15) is 11.3 Å². The molecule has 0 amide bonds. The first-order valence-corrected chi connectivity index (χ1v) is 10.8. The molecule has 1 unspecified atom stereocenters. The number of aliphatic hydroxyl groups is 1. The van der Waals surface area contributed by atoms with Gasteiger partial charge in [0, 0.05) is 24.6 Å². The number of fused-ring (bicyclic) bond motifs is 1. The molecule has 2 aromatic heterocycles. The lowest BCUT2D eigenvalue weighted by atomic mass is 10.0. The van der Waals surface area contributed by atoms with Crippen LogP contribution in [0.2, 0.25) is 10.0 Å². The van der Waals surface area contributed by atoms with Crippen molar-refractivity contribution in [3.05, 3.63) is 63.5 Å². The zero-order valence-corrected chi connectivity index (χ0v) is 18.7. The van der Waals surface area contributed by atoms with Gasteiger partial charge in [-0.1, -0.05) is 29.3 Å². The molecule has 0 saturated carbocycles. The first-order chi connectivity index (χ1) is 15.4. The van der Waals surface area contributed by atoms with E-state index in [0.717, 1.165) is 11.8 Å². The summed E-state index contributed by atoms with van der Waals surface area (Å²) in [5.41, 5.74) is 1.73. The Morgan fingerprint density at radius 2 is 2.00 bits per heavy atom. The lowest BCUT2D eigenvalue weighted by molar-refractivity contribution is -0.202. The number of aliphatic hydroxyl groups excluding tert-OH is 1. The van der Waals surface area contributed by atoms with Crippen molar-refractivity contribution in [1.29, 1.82) is 0 Å². The summed E-state index contributed by atoms with van der Waals surface area (Å²) in [6.07, 6.45) is -0.748. The molecule has 0 aliphatic carbocycles. The van der Waals surface area contributed by atoms with E-state index in [0.29, 0.717) is 41.2 Å². The summed E-state index contributed by atoms with van der Waals surface area (Å²) >= 11 is 12.0. The zero-order valence-electron chi connectivity index (χ0n) is 17.2. The van der Waals surface area contributed by atoms with Gasteiger partial charge in [0.2, 0.25) is 5.88 Å². The average molecular weight is 482 g/mol. The Morgan fingerprint density at radius 3 is 2.72 bits per heavy atom. The SMILES string of the molecule is COc1ccc2ncc(F)c(C(O)CC3OCC(NCc4ccc(Cl)c(Cl)c4)CO3)c2n1. The third-order valence-corrected chi connectivity index (χ3v) is 5.92. The maximum absolute atomic E-state index is 14.5. The summed E-state index contributed by atoms with van der Waals surface area (Å²) in [4.78, 5) is 8.27. The van der Waals surface area contributed by atoms with Crippen LogP contribution in [0.3, 0.4) is 0 Å². The number of aromatic nitrogens is 2. The summed E-state index contributed by atoms with van der Waals surface area (Å²) in [6.45, 7) is 1.33. The maximum Gasteiger partial charge on any atom is 0.213 e. The van der Waals surface area contributed by atoms with E-state index in [9.17, 15) is 9.50 Å². The third-order valence-electron chi connectivity index (χ3n) is 5.18. The minimum Gasteiger partial charge on any atom is -0.481 e. The van der Waals surface area contributed by atoms with Crippen molar-refractivity contribution < 1.29 is 23.7 Å². The predicted molar refractivity (Wildman–Crippen MR) is 118 cm³/mol. The van der Waals surface area contributed by atoms with Gasteiger partial charge in [-0.25, -0.2) is 9.37 Å². The van der Waals surface area contributed by atoms with Crippen LogP contribution in [0.25, 0.3) is 11.0 Å². The number of pyridine rings is 2. The largest absolute Gasteiger partial charge is 0.481 e. The topological polar surface area (TPSA) is 85.7 Å². The second-order valence-electron chi connectivity index (χ2n) is 7.42. The molecule has 1 atom stereocenters. The molecule has 1 saturated heterocycles. The molecule has 3 heterocycles. The number of halogens is 3. The second-order valence-corrected chi connectivity index (χ2v) is 8.23. The van der Waals surface area contributed by atoms with E-state index in [2.05, 4.69) is 15.3 Å². The van der Waals surface area contributed by atoms with Crippen molar-refractivity contribution in [2.24, 2.45) is 0 Å². The van der Waals surface area contributed by atoms with E-state index in [-0.39, 0.29) is 23.5 Å². The summed E-state index contributed by atoms with van der Waals surface area (Å²) in [5.74, 6) is -0.345. The normalized spacial score (nSPS) is 19.8. The van der Waals surface area contributed by atoms with Crippen LogP contribution in [0.4, 0.5) is 4.39 Å². The van der Waals surface area contributed by atoms with E-state index < -0.39 is 18.2 Å². The summed E-state index contributed by atoms with van der Waals surface area (Å²) in [6, 6.07) is 8.69. The van der Waals surface area contributed by atoms with Gasteiger partial charge >= 0.3 is 0 Å². The monoisotopic (exact) mass is 481 g/mol. The molecule has 1 fully saturated rings. The number of rotatable bonds is 7. The van der Waals surface area contributed by atoms with Gasteiger partial charge in [0.15, 0.2) is 6.29 Å². The van der Waals surface area contributed by atoms with Crippen molar-refractivity contribution in [2.45, 2.75) is 31.4 Å². The Hall–Kier alpha value is -2.07. The minimum absolute atomic E-state index is 0.0396. The highest BCUT2D eigenvalue weighted by Gasteiger charge is 2.27. The number of hydrogen-bond acceptors (Lipinski definition) is 7. The Balaban J connectivity index is 1.35. The van der Waals surface area contributed by atoms with Crippen LogP contribution in [0, 0.1) is 5.82 Å². The summed E-state index contributed by atoms with van der Waals surface area (Å²) in [7, 11) is 1.46. The van der Waals surface area contributed by atoms with Crippen LogP contribution in [-0.4, -0.2) is 47.7 Å². The number of nitrogens with zero attached hydrogens (tertiary/aromatic N) is 2. The molecule has 1 aromatic carbocycles. The third kappa shape index (κ3) is 5.28. The molecule has 0 bridgehead atoms. The van der Waals surface area contributed by atoms with Crippen LogP contribution in [0.5, 0.6) is 5.88 Å². The van der Waals surface area contributed by atoms with E-state index in [1.165, 1.54) is 7.11 Å². The van der Waals surface area contributed by atoms with Gasteiger partial charge < -0.3 is 24.6 Å². The molecular formula is C22H22Cl2FN3O4. The fraction of sp³-hybridized carbons (Fsp3) is 0.364. The molecule has 0 radical (unpaired) electrons. The van der Waals surface area contributed by atoms with Crippen molar-refractivity contribution in [3.8, 4) is 5.88 Å². The van der Waals surface area contributed by atoms with Crippen LogP contribution >= 0.6 is 23.2 Å². The Labute approximate surface area is 194 Å². The lowest BCUT2D eigenvalue weighted by Crippen LogP contribution is -2.44. The number of methoxy groups -OCH3 is 1. The van der Waals surface area contributed by atoms with Crippen LogP contribution < -0.4 is 10.1 Å².